The second-order valence-corrected chi connectivity index (χ2v) is 14.1. The highest BCUT2D eigenvalue weighted by Crippen LogP contribution is 2.61. The second-order valence-electron chi connectivity index (χ2n) is 14.1. The van der Waals surface area contributed by atoms with Gasteiger partial charge in [0.05, 0.1) is 18.0 Å². The Morgan fingerprint density at radius 3 is 3.02 bits per heavy atom. The SMILES string of the molecule is CCCCCC(O)CC(=O)CCc1ccc(O)c(OCN2C=C3N=CC(C45CCCC4CC4CNC(N)c6cccc5c64)=C3C2)c1. The lowest BCUT2D eigenvalue weighted by atomic mass is 9.57. The van der Waals surface area contributed by atoms with E-state index in [2.05, 4.69) is 47.8 Å². The van der Waals surface area contributed by atoms with Crippen molar-refractivity contribution in [1.82, 2.24) is 10.2 Å². The van der Waals surface area contributed by atoms with Gasteiger partial charge < -0.3 is 25.6 Å². The van der Waals surface area contributed by atoms with Gasteiger partial charge in [0.15, 0.2) is 18.2 Å². The van der Waals surface area contributed by atoms with Gasteiger partial charge in [-0.3, -0.25) is 15.1 Å². The van der Waals surface area contributed by atoms with Crippen molar-refractivity contribution in [2.24, 2.45) is 16.6 Å². The molecule has 8 heteroatoms. The number of nitrogens with one attached hydrogen (secondary N) is 1. The van der Waals surface area contributed by atoms with E-state index in [1.807, 2.05) is 12.1 Å². The van der Waals surface area contributed by atoms with Crippen molar-refractivity contribution < 1.29 is 19.7 Å². The van der Waals surface area contributed by atoms with Crippen molar-refractivity contribution in [3.05, 3.63) is 81.7 Å². The number of unbranched alkanes of at least 4 members (excludes halogenated alkanes) is 2. The third-order valence-electron chi connectivity index (χ3n) is 11.2. The molecule has 1 saturated carbocycles. The number of carbonyl (C=O) groups is 1. The normalized spacial score (nSPS) is 26.5. The zero-order chi connectivity index (χ0) is 31.8. The van der Waals surface area contributed by atoms with Gasteiger partial charge >= 0.3 is 0 Å². The van der Waals surface area contributed by atoms with Crippen molar-refractivity contribution in [2.75, 3.05) is 19.8 Å². The Bertz CT molecular complexity index is 1580. The number of allylic oxidation sites excluding steroid dienone is 1. The number of rotatable bonds is 13. The van der Waals surface area contributed by atoms with Crippen molar-refractivity contribution in [3.63, 3.8) is 0 Å². The van der Waals surface area contributed by atoms with Crippen LogP contribution in [-0.2, 0) is 16.6 Å². The molecule has 2 aliphatic carbocycles. The number of fused-ring (bicyclic) bond motifs is 3. The maximum absolute atomic E-state index is 12.5. The number of ether oxygens (including phenoxy) is 1. The molecular weight excluding hydrogens is 576 g/mol. The van der Waals surface area contributed by atoms with Crippen LogP contribution in [-0.4, -0.2) is 53.0 Å². The minimum Gasteiger partial charge on any atom is -0.504 e. The van der Waals surface area contributed by atoms with E-state index in [9.17, 15) is 15.0 Å². The molecule has 5 unspecified atom stereocenters. The number of ketones is 1. The third-order valence-corrected chi connectivity index (χ3v) is 11.2. The largest absolute Gasteiger partial charge is 0.504 e. The maximum atomic E-state index is 12.5. The number of phenolic OH excluding ortho intramolecular Hbond substituents is 1. The number of Topliss-reactive ketones (excluding diaryl/α,β-unsaturated/α-hetero) is 1. The number of aromatic hydroxyl groups is 1. The number of carbonyl (C=O) groups excluding carboxylic acids is 1. The molecule has 2 aromatic rings. The topological polar surface area (TPSA) is 120 Å². The summed E-state index contributed by atoms with van der Waals surface area (Å²) in [5.41, 5.74) is 15.3. The van der Waals surface area contributed by atoms with Crippen LogP contribution in [0.15, 0.2) is 64.4 Å². The molecule has 3 heterocycles. The molecule has 0 bridgehead atoms. The molecule has 0 saturated heterocycles. The van der Waals surface area contributed by atoms with E-state index in [0.29, 0.717) is 43.4 Å². The molecule has 8 nitrogen and oxygen atoms in total. The van der Waals surface area contributed by atoms with Gasteiger partial charge in [0.1, 0.15) is 5.78 Å². The standard InChI is InChI=1S/C38H48N4O4/c1-2-3-4-8-27(43)18-28(44)13-11-24-12-14-34(45)35(16-24)46-23-42-21-30-32(20-40-33(30)22-42)38-15-6-7-26(38)17-25-19-41-37(39)29-9-5-10-31(38)36(25)29/h5,9-10,12,14,16,20,22,25-27,37,41,43,45H,2-4,6-8,11,13,15,17-19,21,23,39H2,1H3. The number of nitrogens with zero attached hydrogens (tertiary/aromatic N) is 2. The Labute approximate surface area is 272 Å². The van der Waals surface area contributed by atoms with E-state index in [4.69, 9.17) is 15.5 Å². The van der Waals surface area contributed by atoms with Gasteiger partial charge in [-0.15, -0.1) is 0 Å². The van der Waals surface area contributed by atoms with Crippen LogP contribution in [0.1, 0.15) is 105 Å². The molecule has 0 amide bonds. The molecule has 7 rings (SSSR count). The van der Waals surface area contributed by atoms with Crippen LogP contribution >= 0.6 is 0 Å². The Morgan fingerprint density at radius 1 is 1.26 bits per heavy atom. The first-order valence-corrected chi connectivity index (χ1v) is 17.4. The third kappa shape index (κ3) is 5.69. The van der Waals surface area contributed by atoms with Crippen molar-refractivity contribution in [2.45, 2.75) is 101 Å². The van der Waals surface area contributed by atoms with E-state index in [-0.39, 0.29) is 36.3 Å². The zero-order valence-corrected chi connectivity index (χ0v) is 27.0. The molecule has 244 valence electrons. The molecule has 5 aliphatic rings. The molecule has 5 N–H and O–H groups in total. The minimum atomic E-state index is -0.561. The molecule has 3 aliphatic heterocycles. The summed E-state index contributed by atoms with van der Waals surface area (Å²) in [5, 5.41) is 24.3. The highest BCUT2D eigenvalue weighted by molar-refractivity contribution is 5.91. The monoisotopic (exact) mass is 624 g/mol. The van der Waals surface area contributed by atoms with Crippen molar-refractivity contribution >= 4 is 12.0 Å². The number of phenols is 1. The van der Waals surface area contributed by atoms with Crippen LogP contribution in [0.2, 0.25) is 0 Å². The molecule has 0 spiro atoms. The summed E-state index contributed by atoms with van der Waals surface area (Å²) in [7, 11) is 0. The van der Waals surface area contributed by atoms with E-state index < -0.39 is 6.10 Å². The summed E-state index contributed by atoms with van der Waals surface area (Å²) >= 11 is 0. The molecule has 0 aromatic heterocycles. The predicted octanol–water partition coefficient (Wildman–Crippen LogP) is 5.89. The number of nitrogens with two attached hydrogens (primary N) is 1. The molecule has 0 radical (unpaired) electrons. The van der Waals surface area contributed by atoms with Crippen molar-refractivity contribution in [1.29, 1.82) is 0 Å². The van der Waals surface area contributed by atoms with E-state index in [0.717, 1.165) is 43.5 Å². The fraction of sp³-hybridized carbons (Fsp3) is 0.526. The number of hydrogen-bond acceptors (Lipinski definition) is 8. The zero-order valence-electron chi connectivity index (χ0n) is 27.0. The van der Waals surface area contributed by atoms with Gasteiger partial charge in [-0.1, -0.05) is 56.9 Å². The maximum Gasteiger partial charge on any atom is 0.163 e. The summed E-state index contributed by atoms with van der Waals surface area (Å²) in [6.07, 6.45) is 13.2. The van der Waals surface area contributed by atoms with Crippen molar-refractivity contribution in [3.8, 4) is 11.5 Å². The van der Waals surface area contributed by atoms with Crippen LogP contribution in [0.25, 0.3) is 0 Å². The Balaban J connectivity index is 1.03. The van der Waals surface area contributed by atoms with E-state index in [1.54, 1.807) is 6.07 Å². The van der Waals surface area contributed by atoms with Crippen LogP contribution < -0.4 is 15.8 Å². The number of aryl methyl sites for hydroxylation is 1. The van der Waals surface area contributed by atoms with Gasteiger partial charge in [0.2, 0.25) is 0 Å². The summed E-state index contributed by atoms with van der Waals surface area (Å²) in [6, 6.07) is 12.0. The highest BCUT2D eigenvalue weighted by Gasteiger charge is 2.54. The smallest absolute Gasteiger partial charge is 0.163 e. The van der Waals surface area contributed by atoms with E-state index >= 15 is 0 Å². The highest BCUT2D eigenvalue weighted by atomic mass is 16.5. The van der Waals surface area contributed by atoms with Crippen LogP contribution in [0.4, 0.5) is 0 Å². The Kier molecular flexibility index (Phi) is 8.79. The fourth-order valence-electron chi connectivity index (χ4n) is 8.93. The van der Waals surface area contributed by atoms with Crippen LogP contribution in [0, 0.1) is 5.92 Å². The lowest BCUT2D eigenvalue weighted by molar-refractivity contribution is -0.121. The summed E-state index contributed by atoms with van der Waals surface area (Å²) in [5.74, 6) is 1.65. The minimum absolute atomic E-state index is 0.0280. The summed E-state index contributed by atoms with van der Waals surface area (Å²) < 4.78 is 6.15. The first-order valence-electron chi connectivity index (χ1n) is 17.4. The first-order chi connectivity index (χ1) is 22.4. The lowest BCUT2D eigenvalue weighted by Gasteiger charge is -2.48. The van der Waals surface area contributed by atoms with Gasteiger partial charge in [0.25, 0.3) is 0 Å². The molecule has 2 aromatic carbocycles. The van der Waals surface area contributed by atoms with Crippen LogP contribution in [0.3, 0.4) is 0 Å². The second kappa shape index (κ2) is 13.0. The number of aliphatic hydroxyl groups is 1. The molecule has 1 fully saturated rings. The Hall–Kier alpha value is -3.46. The van der Waals surface area contributed by atoms with Gasteiger partial charge in [-0.05, 0) is 83.9 Å². The summed E-state index contributed by atoms with van der Waals surface area (Å²) in [4.78, 5) is 19.5. The van der Waals surface area contributed by atoms with Gasteiger partial charge in [-0.25, -0.2) is 0 Å². The predicted molar refractivity (Wildman–Crippen MR) is 180 cm³/mol. The fourth-order valence-corrected chi connectivity index (χ4v) is 8.93. The average molecular weight is 625 g/mol. The number of aliphatic hydroxyl groups excluding tert-OH is 1. The van der Waals surface area contributed by atoms with Crippen LogP contribution in [0.5, 0.6) is 11.5 Å². The first kappa shape index (κ1) is 31.2. The lowest BCUT2D eigenvalue weighted by Crippen LogP contribution is -2.46. The Morgan fingerprint density at radius 2 is 2.15 bits per heavy atom. The average Bonchev–Trinajstić information content (AvgIpc) is 3.77. The molecular formula is C38H48N4O4. The summed E-state index contributed by atoms with van der Waals surface area (Å²) in [6.45, 7) is 4.08. The molecule has 5 atom stereocenters. The number of hydrogen-bond donors (Lipinski definition) is 4. The molecule has 46 heavy (non-hydrogen) atoms. The van der Waals surface area contributed by atoms with Gasteiger partial charge in [0, 0.05) is 49.3 Å². The number of aliphatic imine (C=N–C) groups is 1. The van der Waals surface area contributed by atoms with E-state index in [1.165, 1.54) is 47.1 Å². The number of benzene rings is 2. The quantitative estimate of drug-likeness (QED) is 0.205. The van der Waals surface area contributed by atoms with Gasteiger partial charge in [-0.2, -0.15) is 0 Å².